The fourth-order valence-electron chi connectivity index (χ4n) is 1.30. The number of hydrogen-bond donors (Lipinski definition) is 0. The first-order valence-electron chi connectivity index (χ1n) is 5.59. The molecule has 4 nitrogen and oxygen atoms in total. The third-order valence-corrected chi connectivity index (χ3v) is 2.04. The van der Waals surface area contributed by atoms with Crippen LogP contribution in [0.5, 0.6) is 0 Å². The molecule has 0 atom stereocenters. The summed E-state index contributed by atoms with van der Waals surface area (Å²) < 4.78 is 4.76. The molecule has 0 heterocycles. The number of likely N-dealkylation sites (N-methyl/N-ethyl adjacent to an activating group) is 1. The van der Waals surface area contributed by atoms with Crippen LogP contribution in [0.4, 0.5) is 0 Å². The predicted octanol–water partition coefficient (Wildman–Crippen LogP) is 1.75. The lowest BCUT2D eigenvalue weighted by molar-refractivity contribution is -0.145. The molecule has 0 bridgehead atoms. The van der Waals surface area contributed by atoms with Crippen molar-refractivity contribution in [2.75, 3.05) is 19.7 Å². The smallest absolute Gasteiger partial charge is 0.306 e. The lowest BCUT2D eigenvalue weighted by Gasteiger charge is -2.20. The van der Waals surface area contributed by atoms with Crippen molar-refractivity contribution in [3.8, 4) is 0 Å². The van der Waals surface area contributed by atoms with Gasteiger partial charge in [-0.25, -0.2) is 0 Å². The molecule has 0 fully saturated rings. The fraction of sp³-hybridized carbons (Fsp3) is 0.667. The van der Waals surface area contributed by atoms with Crippen molar-refractivity contribution in [2.24, 2.45) is 0 Å². The summed E-state index contributed by atoms with van der Waals surface area (Å²) >= 11 is 0. The van der Waals surface area contributed by atoms with Crippen molar-refractivity contribution >= 4 is 11.9 Å². The van der Waals surface area contributed by atoms with Crippen LogP contribution in [0.1, 0.15) is 33.6 Å². The van der Waals surface area contributed by atoms with Gasteiger partial charge in [-0.3, -0.25) is 9.59 Å². The average Bonchev–Trinajstić information content (AvgIpc) is 2.22. The van der Waals surface area contributed by atoms with Crippen LogP contribution in [0.2, 0.25) is 0 Å². The largest absolute Gasteiger partial charge is 0.466 e. The van der Waals surface area contributed by atoms with Crippen LogP contribution in [-0.4, -0.2) is 36.5 Å². The molecule has 16 heavy (non-hydrogen) atoms. The van der Waals surface area contributed by atoms with E-state index in [-0.39, 0.29) is 24.7 Å². The van der Waals surface area contributed by atoms with Gasteiger partial charge in [-0.2, -0.15) is 0 Å². The van der Waals surface area contributed by atoms with E-state index in [9.17, 15) is 9.59 Å². The molecule has 0 saturated carbocycles. The maximum Gasteiger partial charge on any atom is 0.306 e. The number of carbonyl (C=O) groups is 2. The van der Waals surface area contributed by atoms with Gasteiger partial charge < -0.3 is 9.64 Å². The molecule has 0 aliphatic rings. The molecule has 0 aromatic carbocycles. The molecule has 0 spiro atoms. The molecule has 0 radical (unpaired) electrons. The zero-order valence-electron chi connectivity index (χ0n) is 10.4. The summed E-state index contributed by atoms with van der Waals surface area (Å²) in [4.78, 5) is 24.4. The first-order valence-corrected chi connectivity index (χ1v) is 5.59. The van der Waals surface area contributed by atoms with Gasteiger partial charge >= 0.3 is 5.97 Å². The van der Waals surface area contributed by atoms with Crippen LogP contribution >= 0.6 is 0 Å². The van der Waals surface area contributed by atoms with E-state index in [2.05, 4.69) is 6.58 Å². The van der Waals surface area contributed by atoms with E-state index in [1.165, 1.54) is 0 Å². The molecule has 0 saturated heterocycles. The van der Waals surface area contributed by atoms with Gasteiger partial charge in [-0.05, 0) is 20.8 Å². The molecule has 4 heteroatoms. The Morgan fingerprint density at radius 1 is 1.25 bits per heavy atom. The maximum atomic E-state index is 11.7. The molecule has 92 valence electrons. The molecule has 0 unspecified atom stereocenters. The monoisotopic (exact) mass is 227 g/mol. The van der Waals surface area contributed by atoms with Crippen molar-refractivity contribution in [3.05, 3.63) is 12.2 Å². The van der Waals surface area contributed by atoms with Crippen LogP contribution < -0.4 is 0 Å². The highest BCUT2D eigenvalue weighted by Crippen LogP contribution is 2.02. The van der Waals surface area contributed by atoms with Gasteiger partial charge in [0, 0.05) is 19.5 Å². The van der Waals surface area contributed by atoms with Crippen molar-refractivity contribution in [1.82, 2.24) is 4.90 Å². The number of amides is 1. The first-order chi connectivity index (χ1) is 7.51. The molecule has 0 aromatic rings. The number of carbonyl (C=O) groups excluding carboxylic acids is 2. The highest BCUT2D eigenvalue weighted by molar-refractivity contribution is 5.81. The summed E-state index contributed by atoms with van der Waals surface area (Å²) in [6.07, 6.45) is 0.360. The molecule has 0 N–H and O–H groups in total. The SMILES string of the molecule is C=C(C)CN(CC)C(=O)CCC(=O)OCC. The average molecular weight is 227 g/mol. The van der Waals surface area contributed by atoms with Gasteiger partial charge in [0.2, 0.25) is 5.91 Å². The highest BCUT2D eigenvalue weighted by Gasteiger charge is 2.13. The van der Waals surface area contributed by atoms with E-state index in [1.807, 2.05) is 13.8 Å². The zero-order valence-corrected chi connectivity index (χ0v) is 10.4. The summed E-state index contributed by atoms with van der Waals surface area (Å²) in [5.41, 5.74) is 0.936. The molecule has 0 rings (SSSR count). The Morgan fingerprint density at radius 3 is 2.31 bits per heavy atom. The van der Waals surface area contributed by atoms with Gasteiger partial charge in [0.05, 0.1) is 13.0 Å². The second kappa shape index (κ2) is 7.91. The number of rotatable bonds is 7. The molecular formula is C12H21NO3. The van der Waals surface area contributed by atoms with E-state index >= 15 is 0 Å². The van der Waals surface area contributed by atoms with Crippen LogP contribution in [0.25, 0.3) is 0 Å². The molecule has 0 aromatic heterocycles. The number of nitrogens with zero attached hydrogens (tertiary/aromatic N) is 1. The Hall–Kier alpha value is -1.32. The standard InChI is InChI=1S/C12H21NO3/c1-5-13(9-10(3)4)11(14)7-8-12(15)16-6-2/h3,5-9H2,1-2,4H3. The second-order valence-corrected chi connectivity index (χ2v) is 3.67. The summed E-state index contributed by atoms with van der Waals surface area (Å²) in [5, 5.41) is 0. The summed E-state index contributed by atoms with van der Waals surface area (Å²) in [7, 11) is 0. The molecular weight excluding hydrogens is 206 g/mol. The molecule has 0 aliphatic carbocycles. The van der Waals surface area contributed by atoms with Gasteiger partial charge in [-0.1, -0.05) is 12.2 Å². The number of ether oxygens (including phenoxy) is 1. The zero-order chi connectivity index (χ0) is 12.6. The van der Waals surface area contributed by atoms with Crippen LogP contribution in [0.15, 0.2) is 12.2 Å². The molecule has 1 amide bonds. The van der Waals surface area contributed by atoms with E-state index in [0.717, 1.165) is 5.57 Å². The lowest BCUT2D eigenvalue weighted by atomic mass is 10.2. The van der Waals surface area contributed by atoms with Crippen molar-refractivity contribution in [1.29, 1.82) is 0 Å². The van der Waals surface area contributed by atoms with E-state index in [0.29, 0.717) is 19.7 Å². The lowest BCUT2D eigenvalue weighted by Crippen LogP contribution is -2.32. The quantitative estimate of drug-likeness (QED) is 0.492. The van der Waals surface area contributed by atoms with Crippen molar-refractivity contribution in [2.45, 2.75) is 33.6 Å². The summed E-state index contributed by atoms with van der Waals surface area (Å²) in [5.74, 6) is -0.346. The van der Waals surface area contributed by atoms with Crippen molar-refractivity contribution < 1.29 is 14.3 Å². The van der Waals surface area contributed by atoms with Gasteiger partial charge in [0.15, 0.2) is 0 Å². The van der Waals surface area contributed by atoms with Crippen LogP contribution in [0.3, 0.4) is 0 Å². The number of esters is 1. The van der Waals surface area contributed by atoms with Crippen LogP contribution in [-0.2, 0) is 14.3 Å². The predicted molar refractivity (Wildman–Crippen MR) is 62.9 cm³/mol. The van der Waals surface area contributed by atoms with E-state index in [4.69, 9.17) is 4.74 Å². The van der Waals surface area contributed by atoms with Gasteiger partial charge in [0.1, 0.15) is 0 Å². The van der Waals surface area contributed by atoms with E-state index < -0.39 is 0 Å². The summed E-state index contributed by atoms with van der Waals surface area (Å²) in [6, 6.07) is 0. The summed E-state index contributed by atoms with van der Waals surface area (Å²) in [6.45, 7) is 10.8. The van der Waals surface area contributed by atoms with E-state index in [1.54, 1.807) is 11.8 Å². The van der Waals surface area contributed by atoms with Crippen LogP contribution in [0, 0.1) is 0 Å². The highest BCUT2D eigenvalue weighted by atomic mass is 16.5. The van der Waals surface area contributed by atoms with Crippen molar-refractivity contribution in [3.63, 3.8) is 0 Å². The minimum absolute atomic E-state index is 0.0291. The maximum absolute atomic E-state index is 11.7. The number of hydrogen-bond acceptors (Lipinski definition) is 3. The minimum atomic E-state index is -0.317. The Bertz CT molecular complexity index is 261. The third-order valence-electron chi connectivity index (χ3n) is 2.04. The Morgan fingerprint density at radius 2 is 1.88 bits per heavy atom. The molecule has 0 aliphatic heterocycles. The Labute approximate surface area is 97.3 Å². The Balaban J connectivity index is 4.02. The third kappa shape index (κ3) is 6.22. The second-order valence-electron chi connectivity index (χ2n) is 3.67. The normalized spacial score (nSPS) is 9.69. The Kier molecular flexibility index (Phi) is 7.25. The minimum Gasteiger partial charge on any atom is -0.466 e. The fourth-order valence-corrected chi connectivity index (χ4v) is 1.30. The first kappa shape index (κ1) is 14.7. The van der Waals surface area contributed by atoms with Gasteiger partial charge in [0.25, 0.3) is 0 Å². The topological polar surface area (TPSA) is 46.6 Å². The van der Waals surface area contributed by atoms with Gasteiger partial charge in [-0.15, -0.1) is 0 Å².